The fourth-order valence-electron chi connectivity index (χ4n) is 5.22. The number of sulfonamides is 1. The van der Waals surface area contributed by atoms with Crippen LogP contribution in [0.25, 0.3) is 0 Å². The van der Waals surface area contributed by atoms with Crippen LogP contribution in [0.2, 0.25) is 0 Å². The molecule has 3 fully saturated rings. The van der Waals surface area contributed by atoms with Crippen LogP contribution in [0.4, 0.5) is 4.79 Å². The Hall–Kier alpha value is -3.20. The number of ether oxygens (including phenoxy) is 2. The van der Waals surface area contributed by atoms with Crippen LogP contribution in [-0.2, 0) is 29.1 Å². The minimum Gasteiger partial charge on any atom is -0.477 e. The maximum atomic E-state index is 14.0. The van der Waals surface area contributed by atoms with Crippen LogP contribution in [0.5, 0.6) is 5.88 Å². The van der Waals surface area contributed by atoms with Crippen molar-refractivity contribution in [3.05, 3.63) is 35.5 Å². The van der Waals surface area contributed by atoms with Gasteiger partial charge in [-0.15, -0.1) is 6.58 Å². The Morgan fingerprint density at radius 2 is 1.95 bits per heavy atom. The summed E-state index contributed by atoms with van der Waals surface area (Å²) >= 11 is 3.30. The van der Waals surface area contributed by atoms with E-state index >= 15 is 0 Å². The molecule has 3 aliphatic rings. The number of likely N-dealkylation sites (tertiary alicyclic amines) is 1. The van der Waals surface area contributed by atoms with Gasteiger partial charge in [-0.1, -0.05) is 32.9 Å². The summed E-state index contributed by atoms with van der Waals surface area (Å²) in [5.41, 5.74) is -2.25. The molecule has 2 aliphatic carbocycles. The topological polar surface area (TPSA) is 173 Å². The van der Waals surface area contributed by atoms with Gasteiger partial charge in [-0.2, -0.15) is 0 Å². The predicted molar refractivity (Wildman–Crippen MR) is 159 cm³/mol. The third-order valence-electron chi connectivity index (χ3n) is 7.94. The molecule has 43 heavy (non-hydrogen) atoms. The first-order chi connectivity index (χ1) is 20.1. The number of nitrogens with one attached hydrogen (secondary N) is 3. The van der Waals surface area contributed by atoms with Crippen molar-refractivity contribution in [2.75, 3.05) is 20.3 Å². The SMILES string of the molecule is C=C[C@@H]1C[C@]1(NC(=O)[C@@H]1C[C@@H](COc2cccc(Br)n2)CN1C(=O)[C@@H](NC(=O)OC)C(C)(C)C)C(=O)NS(=O)(=O)C1CC1. The molecule has 2 saturated carbocycles. The summed E-state index contributed by atoms with van der Waals surface area (Å²) in [6.07, 6.45) is 2.01. The van der Waals surface area contributed by atoms with Crippen molar-refractivity contribution in [2.24, 2.45) is 17.3 Å². The molecule has 1 aliphatic heterocycles. The van der Waals surface area contributed by atoms with E-state index in [2.05, 4.69) is 42.8 Å². The van der Waals surface area contributed by atoms with E-state index < -0.39 is 68.0 Å². The highest BCUT2D eigenvalue weighted by Crippen LogP contribution is 2.45. The van der Waals surface area contributed by atoms with Crippen molar-refractivity contribution < 1.29 is 37.1 Å². The smallest absolute Gasteiger partial charge is 0.407 e. The Morgan fingerprint density at radius 3 is 2.51 bits per heavy atom. The summed E-state index contributed by atoms with van der Waals surface area (Å²) < 4.78 is 38.3. The van der Waals surface area contributed by atoms with Crippen LogP contribution in [-0.4, -0.2) is 85.3 Å². The highest BCUT2D eigenvalue weighted by molar-refractivity contribution is 9.10. The minimum atomic E-state index is -3.85. The van der Waals surface area contributed by atoms with Gasteiger partial charge in [-0.05, 0) is 53.1 Å². The van der Waals surface area contributed by atoms with Gasteiger partial charge in [0, 0.05) is 24.4 Å². The van der Waals surface area contributed by atoms with Crippen molar-refractivity contribution in [3.63, 3.8) is 0 Å². The summed E-state index contributed by atoms with van der Waals surface area (Å²) in [7, 11) is -2.67. The van der Waals surface area contributed by atoms with Gasteiger partial charge in [-0.25, -0.2) is 18.2 Å². The molecule has 0 unspecified atom stereocenters. The van der Waals surface area contributed by atoms with Gasteiger partial charge in [0.1, 0.15) is 22.2 Å². The second-order valence-electron chi connectivity index (χ2n) is 12.3. The van der Waals surface area contributed by atoms with E-state index in [0.717, 1.165) is 0 Å². The molecule has 13 nitrogen and oxygen atoms in total. The molecule has 4 rings (SSSR count). The quantitative estimate of drug-likeness (QED) is 0.232. The van der Waals surface area contributed by atoms with Crippen LogP contribution >= 0.6 is 15.9 Å². The molecular weight excluding hydrogens is 646 g/mol. The lowest BCUT2D eigenvalue weighted by molar-refractivity contribution is -0.142. The second kappa shape index (κ2) is 12.4. The summed E-state index contributed by atoms with van der Waals surface area (Å²) in [5, 5.41) is 4.72. The number of methoxy groups -OCH3 is 1. The van der Waals surface area contributed by atoms with Crippen LogP contribution in [0.3, 0.4) is 0 Å². The van der Waals surface area contributed by atoms with Crippen molar-refractivity contribution >= 4 is 49.8 Å². The Morgan fingerprint density at radius 1 is 1.26 bits per heavy atom. The zero-order valence-corrected chi connectivity index (χ0v) is 27.0. The van der Waals surface area contributed by atoms with E-state index in [-0.39, 0.29) is 31.9 Å². The Kier molecular flexibility index (Phi) is 9.45. The molecule has 5 atom stereocenters. The van der Waals surface area contributed by atoms with Crippen LogP contribution in [0.1, 0.15) is 46.5 Å². The second-order valence-corrected chi connectivity index (χ2v) is 15.1. The van der Waals surface area contributed by atoms with E-state index in [1.807, 2.05) is 0 Å². The lowest BCUT2D eigenvalue weighted by atomic mass is 9.85. The molecule has 0 bridgehead atoms. The van der Waals surface area contributed by atoms with E-state index in [0.29, 0.717) is 23.3 Å². The van der Waals surface area contributed by atoms with Gasteiger partial charge < -0.3 is 25.0 Å². The van der Waals surface area contributed by atoms with Crippen LogP contribution in [0, 0.1) is 17.3 Å². The van der Waals surface area contributed by atoms with Crippen LogP contribution < -0.4 is 20.1 Å². The van der Waals surface area contributed by atoms with Gasteiger partial charge in [0.05, 0.1) is 19.0 Å². The molecule has 1 aromatic heterocycles. The lowest BCUT2D eigenvalue weighted by Gasteiger charge is -2.35. The predicted octanol–water partition coefficient (Wildman–Crippen LogP) is 1.88. The largest absolute Gasteiger partial charge is 0.477 e. The summed E-state index contributed by atoms with van der Waals surface area (Å²) in [5.74, 6) is -2.37. The van der Waals surface area contributed by atoms with Gasteiger partial charge >= 0.3 is 6.09 Å². The number of carbonyl (C=O) groups excluding carboxylic acids is 4. The number of hydrogen-bond donors (Lipinski definition) is 3. The summed E-state index contributed by atoms with van der Waals surface area (Å²) in [4.78, 5) is 58.8. The van der Waals surface area contributed by atoms with E-state index in [1.54, 1.807) is 39.0 Å². The fourth-order valence-corrected chi connectivity index (χ4v) is 6.91. The average molecular weight is 685 g/mol. The zero-order chi connectivity index (χ0) is 31.7. The highest BCUT2D eigenvalue weighted by Gasteiger charge is 2.62. The lowest BCUT2D eigenvalue weighted by Crippen LogP contribution is -2.60. The number of aromatic nitrogens is 1. The number of nitrogens with zero attached hydrogens (tertiary/aromatic N) is 2. The fraction of sp³-hybridized carbons (Fsp3) is 0.607. The van der Waals surface area contributed by atoms with Crippen molar-refractivity contribution in [1.29, 1.82) is 0 Å². The molecule has 236 valence electrons. The minimum absolute atomic E-state index is 0.125. The average Bonchev–Trinajstić information content (AvgIpc) is 3.86. The number of amides is 4. The number of alkyl carbamates (subject to hydrolysis) is 1. The molecule has 4 amide bonds. The number of carbonyl (C=O) groups is 4. The third-order valence-corrected chi connectivity index (χ3v) is 10.2. The molecule has 1 aromatic rings. The van der Waals surface area contributed by atoms with Crippen molar-refractivity contribution in [1.82, 2.24) is 25.2 Å². The molecule has 0 spiro atoms. The number of halogens is 1. The summed E-state index contributed by atoms with van der Waals surface area (Å²) in [6.45, 7) is 9.31. The maximum absolute atomic E-state index is 14.0. The van der Waals surface area contributed by atoms with Gasteiger partial charge in [0.25, 0.3) is 5.91 Å². The molecular formula is C28H38BrN5O8S. The van der Waals surface area contributed by atoms with Gasteiger partial charge in [0.15, 0.2) is 0 Å². The highest BCUT2D eigenvalue weighted by atomic mass is 79.9. The number of pyridine rings is 1. The summed E-state index contributed by atoms with van der Waals surface area (Å²) in [6, 6.07) is 3.13. The normalized spacial score (nSPS) is 25.7. The zero-order valence-electron chi connectivity index (χ0n) is 24.6. The molecule has 15 heteroatoms. The first-order valence-electron chi connectivity index (χ1n) is 14.0. The van der Waals surface area contributed by atoms with Gasteiger partial charge in [0.2, 0.25) is 27.7 Å². The molecule has 1 saturated heterocycles. The Balaban J connectivity index is 1.57. The maximum Gasteiger partial charge on any atom is 0.407 e. The monoisotopic (exact) mass is 683 g/mol. The molecule has 3 N–H and O–H groups in total. The van der Waals surface area contributed by atoms with Gasteiger partial charge in [-0.3, -0.25) is 19.1 Å². The van der Waals surface area contributed by atoms with E-state index in [4.69, 9.17) is 9.47 Å². The number of hydrogen-bond acceptors (Lipinski definition) is 9. The molecule has 0 aromatic carbocycles. The number of rotatable bonds is 11. The van der Waals surface area contributed by atoms with E-state index in [9.17, 15) is 27.6 Å². The van der Waals surface area contributed by atoms with E-state index in [1.165, 1.54) is 18.1 Å². The molecule has 0 radical (unpaired) electrons. The Labute approximate surface area is 259 Å². The third kappa shape index (κ3) is 7.48. The Bertz CT molecular complexity index is 1400. The first kappa shape index (κ1) is 32.7. The van der Waals surface area contributed by atoms with Crippen LogP contribution in [0.15, 0.2) is 35.5 Å². The molecule has 2 heterocycles. The van der Waals surface area contributed by atoms with Crippen molar-refractivity contribution in [2.45, 2.75) is 69.3 Å². The first-order valence-corrected chi connectivity index (χ1v) is 16.4. The standard InChI is InChI=1S/C28H38BrN5O8S/c1-6-17-13-28(17,25(37)33-43(39,40)18-10-11-18)32-23(35)19-12-16(15-42-21-9-7-8-20(29)30-21)14-34(19)24(36)22(27(2,3)4)31-26(38)41-5/h6-9,16-19,22H,1,10-15H2,2-5H3,(H,31,38)(H,32,35)(H,33,37)/t16-,17-,19+,22-,28-/m1/s1. The van der Waals surface area contributed by atoms with Crippen molar-refractivity contribution in [3.8, 4) is 5.88 Å².